The molecule has 1 aliphatic heterocycles. The zero-order valence-electron chi connectivity index (χ0n) is 10.4. The van der Waals surface area contributed by atoms with Crippen molar-refractivity contribution >= 4 is 11.5 Å². The van der Waals surface area contributed by atoms with Crippen molar-refractivity contribution < 1.29 is 4.92 Å². The highest BCUT2D eigenvalue weighted by atomic mass is 16.6. The lowest BCUT2D eigenvalue weighted by molar-refractivity contribution is -0.384. The number of piperidine rings is 1. The van der Waals surface area contributed by atoms with Gasteiger partial charge in [0.1, 0.15) is 6.07 Å². The van der Waals surface area contributed by atoms with Crippen LogP contribution in [-0.4, -0.2) is 29.5 Å². The van der Waals surface area contributed by atoms with E-state index in [4.69, 9.17) is 5.26 Å². The van der Waals surface area contributed by atoms with Gasteiger partial charge in [-0.25, -0.2) is 4.98 Å². The van der Waals surface area contributed by atoms with Crippen molar-refractivity contribution in [1.82, 2.24) is 10.3 Å². The molecule has 1 fully saturated rings. The smallest absolute Gasteiger partial charge is 0.312 e. The summed E-state index contributed by atoms with van der Waals surface area (Å²) in [7, 11) is 0. The molecule has 0 bridgehead atoms. The molecule has 7 heteroatoms. The Morgan fingerprint density at radius 1 is 1.58 bits per heavy atom. The molecule has 1 aliphatic rings. The topological polar surface area (TPSA) is 104 Å². The van der Waals surface area contributed by atoms with Gasteiger partial charge in [-0.3, -0.25) is 10.1 Å². The largest absolute Gasteiger partial charge is 0.364 e. The lowest BCUT2D eigenvalue weighted by Crippen LogP contribution is -2.31. The molecule has 0 atom stereocenters. The minimum absolute atomic E-state index is 0.145. The lowest BCUT2D eigenvalue weighted by Gasteiger charge is -2.22. The van der Waals surface area contributed by atoms with Crippen LogP contribution >= 0.6 is 0 Å². The third-order valence-corrected chi connectivity index (χ3v) is 3.21. The molecule has 0 radical (unpaired) electrons. The van der Waals surface area contributed by atoms with Gasteiger partial charge in [-0.1, -0.05) is 0 Å². The molecule has 0 unspecified atom stereocenters. The molecule has 0 aromatic carbocycles. The Morgan fingerprint density at radius 2 is 2.32 bits per heavy atom. The molecule has 0 saturated carbocycles. The minimum Gasteiger partial charge on any atom is -0.364 e. The zero-order chi connectivity index (χ0) is 13.7. The summed E-state index contributed by atoms with van der Waals surface area (Å²) in [5.41, 5.74) is 0.0482. The third-order valence-electron chi connectivity index (χ3n) is 3.21. The van der Waals surface area contributed by atoms with Crippen LogP contribution in [0.4, 0.5) is 11.5 Å². The van der Waals surface area contributed by atoms with Gasteiger partial charge in [-0.2, -0.15) is 5.26 Å². The van der Waals surface area contributed by atoms with Crippen LogP contribution in [0.15, 0.2) is 12.3 Å². The molecule has 2 N–H and O–H groups in total. The Hall–Kier alpha value is -2.20. The van der Waals surface area contributed by atoms with Gasteiger partial charge in [0.15, 0.2) is 0 Å². The summed E-state index contributed by atoms with van der Waals surface area (Å²) < 4.78 is 0. The Labute approximate surface area is 110 Å². The van der Waals surface area contributed by atoms with Crippen molar-refractivity contribution in [1.29, 1.82) is 5.26 Å². The Balaban J connectivity index is 2.06. The number of nitro groups is 1. The van der Waals surface area contributed by atoms with Gasteiger partial charge < -0.3 is 10.6 Å². The number of hydrogen-bond donors (Lipinski definition) is 2. The van der Waals surface area contributed by atoms with E-state index in [1.54, 1.807) is 0 Å². The second kappa shape index (κ2) is 6.11. The van der Waals surface area contributed by atoms with Crippen molar-refractivity contribution in [3.8, 4) is 6.07 Å². The van der Waals surface area contributed by atoms with E-state index >= 15 is 0 Å². The number of rotatable bonds is 4. The number of nitrogens with one attached hydrogen (secondary N) is 2. The van der Waals surface area contributed by atoms with Gasteiger partial charge in [0.25, 0.3) is 0 Å². The molecule has 1 aromatic heterocycles. The van der Waals surface area contributed by atoms with E-state index in [0.717, 1.165) is 25.9 Å². The predicted molar refractivity (Wildman–Crippen MR) is 69.7 cm³/mol. The standard InChI is InChI=1S/C12H15N5O2/c13-6-10-5-11(17(18)19)12(16-8-10)15-7-9-1-3-14-4-2-9/h5,8-9,14H,1-4,7H2,(H,15,16). The van der Waals surface area contributed by atoms with E-state index in [1.807, 2.05) is 6.07 Å². The van der Waals surface area contributed by atoms with Crippen molar-refractivity contribution in [2.24, 2.45) is 5.92 Å². The van der Waals surface area contributed by atoms with E-state index in [-0.39, 0.29) is 17.1 Å². The maximum absolute atomic E-state index is 10.9. The summed E-state index contributed by atoms with van der Waals surface area (Å²) in [5, 5.41) is 26.0. The summed E-state index contributed by atoms with van der Waals surface area (Å²) in [6.07, 6.45) is 3.45. The molecule has 1 aromatic rings. The van der Waals surface area contributed by atoms with E-state index < -0.39 is 4.92 Å². The number of nitriles is 1. The second-order valence-corrected chi connectivity index (χ2v) is 4.53. The van der Waals surface area contributed by atoms with Gasteiger partial charge in [0.05, 0.1) is 10.5 Å². The van der Waals surface area contributed by atoms with Gasteiger partial charge in [0, 0.05) is 18.8 Å². The maximum Gasteiger partial charge on any atom is 0.312 e. The highest BCUT2D eigenvalue weighted by molar-refractivity contribution is 5.58. The minimum atomic E-state index is -0.515. The fourth-order valence-electron chi connectivity index (χ4n) is 2.12. The van der Waals surface area contributed by atoms with Gasteiger partial charge in [-0.05, 0) is 31.8 Å². The Bertz CT molecular complexity index is 505. The molecule has 2 rings (SSSR count). The first-order valence-corrected chi connectivity index (χ1v) is 6.20. The molecule has 1 saturated heterocycles. The van der Waals surface area contributed by atoms with Crippen LogP contribution < -0.4 is 10.6 Å². The molecule has 0 aliphatic carbocycles. The van der Waals surface area contributed by atoms with E-state index in [9.17, 15) is 10.1 Å². The third kappa shape index (κ3) is 3.39. The first-order valence-electron chi connectivity index (χ1n) is 6.20. The first kappa shape index (κ1) is 13.2. The van der Waals surface area contributed by atoms with Crippen LogP contribution in [0, 0.1) is 27.4 Å². The van der Waals surface area contributed by atoms with Crippen molar-refractivity contribution in [2.45, 2.75) is 12.8 Å². The van der Waals surface area contributed by atoms with E-state index in [1.165, 1.54) is 12.3 Å². The van der Waals surface area contributed by atoms with Gasteiger partial charge in [0.2, 0.25) is 5.82 Å². The number of hydrogen-bond acceptors (Lipinski definition) is 6. The predicted octanol–water partition coefficient (Wildman–Crippen LogP) is 1.27. The van der Waals surface area contributed by atoms with Crippen LogP contribution in [0.3, 0.4) is 0 Å². The van der Waals surface area contributed by atoms with Crippen LogP contribution in [-0.2, 0) is 0 Å². The first-order chi connectivity index (χ1) is 9.20. The highest BCUT2D eigenvalue weighted by Crippen LogP contribution is 2.23. The van der Waals surface area contributed by atoms with Crippen molar-refractivity contribution in [2.75, 3.05) is 25.0 Å². The summed E-state index contributed by atoms with van der Waals surface area (Å²) >= 11 is 0. The molecular formula is C12H15N5O2. The van der Waals surface area contributed by atoms with E-state index in [0.29, 0.717) is 12.5 Å². The Kier molecular flexibility index (Phi) is 4.26. The molecule has 19 heavy (non-hydrogen) atoms. The average molecular weight is 261 g/mol. The molecule has 0 amide bonds. The average Bonchev–Trinajstić information content (AvgIpc) is 2.46. The fraction of sp³-hybridized carbons (Fsp3) is 0.500. The quantitative estimate of drug-likeness (QED) is 0.625. The highest BCUT2D eigenvalue weighted by Gasteiger charge is 2.18. The Morgan fingerprint density at radius 3 is 2.95 bits per heavy atom. The van der Waals surface area contributed by atoms with Crippen LogP contribution in [0.5, 0.6) is 0 Å². The van der Waals surface area contributed by atoms with Crippen LogP contribution in [0.25, 0.3) is 0 Å². The zero-order valence-corrected chi connectivity index (χ0v) is 10.4. The summed E-state index contributed by atoms with van der Waals surface area (Å²) in [6.45, 7) is 2.63. The van der Waals surface area contributed by atoms with Crippen LogP contribution in [0.2, 0.25) is 0 Å². The summed E-state index contributed by atoms with van der Waals surface area (Å²) in [5.74, 6) is 0.737. The number of pyridine rings is 1. The van der Waals surface area contributed by atoms with Gasteiger partial charge in [-0.15, -0.1) is 0 Å². The fourth-order valence-corrected chi connectivity index (χ4v) is 2.12. The summed E-state index contributed by atoms with van der Waals surface area (Å²) in [6, 6.07) is 3.10. The number of aromatic nitrogens is 1. The van der Waals surface area contributed by atoms with Crippen LogP contribution in [0.1, 0.15) is 18.4 Å². The number of nitrogens with zero attached hydrogens (tertiary/aromatic N) is 3. The normalized spacial score (nSPS) is 15.7. The van der Waals surface area contributed by atoms with Gasteiger partial charge >= 0.3 is 5.69 Å². The van der Waals surface area contributed by atoms with Crippen molar-refractivity contribution in [3.05, 3.63) is 27.9 Å². The number of anilines is 1. The SMILES string of the molecule is N#Cc1cnc(NCC2CCNCC2)c([N+](=O)[O-])c1. The molecule has 0 spiro atoms. The summed E-state index contributed by atoms with van der Waals surface area (Å²) in [4.78, 5) is 14.4. The van der Waals surface area contributed by atoms with Crippen molar-refractivity contribution in [3.63, 3.8) is 0 Å². The maximum atomic E-state index is 10.9. The molecular weight excluding hydrogens is 246 g/mol. The lowest BCUT2D eigenvalue weighted by atomic mass is 9.98. The molecule has 2 heterocycles. The molecule has 7 nitrogen and oxygen atoms in total. The molecule has 100 valence electrons. The monoisotopic (exact) mass is 261 g/mol. The van der Waals surface area contributed by atoms with E-state index in [2.05, 4.69) is 15.6 Å². The second-order valence-electron chi connectivity index (χ2n) is 4.53.